The van der Waals surface area contributed by atoms with Gasteiger partial charge < -0.3 is 10.2 Å². The number of alkyl halides is 3. The van der Waals surface area contributed by atoms with E-state index in [2.05, 4.69) is 10.3 Å². The molecule has 1 N–H and O–H groups in total. The van der Waals surface area contributed by atoms with E-state index in [-0.39, 0.29) is 17.9 Å². The lowest BCUT2D eigenvalue weighted by atomic mass is 10.0. The van der Waals surface area contributed by atoms with Crippen molar-refractivity contribution in [2.24, 2.45) is 0 Å². The second kappa shape index (κ2) is 5.99. The van der Waals surface area contributed by atoms with E-state index in [1.165, 1.54) is 12.3 Å². The van der Waals surface area contributed by atoms with Gasteiger partial charge in [-0.3, -0.25) is 0 Å². The topological polar surface area (TPSA) is 28.2 Å². The normalized spacial score (nSPS) is 23.9. The van der Waals surface area contributed by atoms with Crippen LogP contribution in [0.15, 0.2) is 18.3 Å². The Morgan fingerprint density at radius 2 is 2.10 bits per heavy atom. The minimum absolute atomic E-state index is 0.0498. The zero-order valence-corrected chi connectivity index (χ0v) is 11.7. The standard InChI is InChI=1S/C14H20F3N3/c1-3-10-9-20(11(4-2)8-19-10)13-12(14(15,16)17)6-5-7-18-13/h5-7,10-11,19H,3-4,8-9H2,1-2H3. The maximum absolute atomic E-state index is 13.1. The van der Waals surface area contributed by atoms with Gasteiger partial charge in [0, 0.05) is 31.4 Å². The lowest BCUT2D eigenvalue weighted by molar-refractivity contribution is -0.137. The second-order valence-electron chi connectivity index (χ2n) is 5.10. The van der Waals surface area contributed by atoms with Crippen LogP contribution < -0.4 is 10.2 Å². The SMILES string of the molecule is CCC1CN(c2ncccc2C(F)(F)F)C(CC)CN1. The third kappa shape index (κ3) is 3.06. The molecule has 1 aliphatic heterocycles. The Balaban J connectivity index is 2.37. The quantitative estimate of drug-likeness (QED) is 0.926. The Kier molecular flexibility index (Phi) is 4.52. The van der Waals surface area contributed by atoms with Gasteiger partial charge in [-0.05, 0) is 25.0 Å². The van der Waals surface area contributed by atoms with Crippen molar-refractivity contribution < 1.29 is 13.2 Å². The molecule has 0 amide bonds. The number of halogens is 3. The minimum atomic E-state index is -4.37. The molecule has 1 aliphatic rings. The fourth-order valence-corrected chi connectivity index (χ4v) is 2.61. The molecule has 1 aromatic rings. The fourth-order valence-electron chi connectivity index (χ4n) is 2.61. The molecule has 20 heavy (non-hydrogen) atoms. The van der Waals surface area contributed by atoms with Crippen LogP contribution in [0.4, 0.5) is 19.0 Å². The van der Waals surface area contributed by atoms with Crippen LogP contribution in [0.25, 0.3) is 0 Å². The number of pyridine rings is 1. The Labute approximate surface area is 117 Å². The number of hydrogen-bond donors (Lipinski definition) is 1. The number of piperazine rings is 1. The van der Waals surface area contributed by atoms with Crippen LogP contribution in [0.3, 0.4) is 0 Å². The molecule has 0 saturated carbocycles. The number of nitrogens with one attached hydrogen (secondary N) is 1. The Hall–Kier alpha value is -1.30. The van der Waals surface area contributed by atoms with Gasteiger partial charge in [-0.15, -0.1) is 0 Å². The first kappa shape index (κ1) is 15.1. The summed E-state index contributed by atoms with van der Waals surface area (Å²) in [6.07, 6.45) is -1.26. The molecule has 2 unspecified atom stereocenters. The maximum Gasteiger partial charge on any atom is 0.419 e. The number of anilines is 1. The Morgan fingerprint density at radius 1 is 1.35 bits per heavy atom. The van der Waals surface area contributed by atoms with Crippen molar-refractivity contribution in [3.8, 4) is 0 Å². The predicted molar refractivity (Wildman–Crippen MR) is 72.7 cm³/mol. The lowest BCUT2D eigenvalue weighted by Gasteiger charge is -2.41. The molecule has 0 aliphatic carbocycles. The van der Waals surface area contributed by atoms with E-state index in [1.807, 2.05) is 18.7 Å². The molecule has 3 nitrogen and oxygen atoms in total. The Bertz CT molecular complexity index is 448. The summed E-state index contributed by atoms with van der Waals surface area (Å²) in [5.74, 6) is 0.0619. The van der Waals surface area contributed by atoms with Gasteiger partial charge in [0.1, 0.15) is 5.82 Å². The van der Waals surface area contributed by atoms with Gasteiger partial charge in [0.05, 0.1) is 5.56 Å². The van der Waals surface area contributed by atoms with E-state index in [1.54, 1.807) is 0 Å². The van der Waals surface area contributed by atoms with E-state index in [9.17, 15) is 13.2 Å². The average Bonchev–Trinajstić information content (AvgIpc) is 2.45. The molecule has 1 fully saturated rings. The summed E-state index contributed by atoms with van der Waals surface area (Å²) in [4.78, 5) is 5.83. The smallest absolute Gasteiger partial charge is 0.350 e. The molecule has 0 radical (unpaired) electrons. The molecule has 0 bridgehead atoms. The fraction of sp³-hybridized carbons (Fsp3) is 0.643. The van der Waals surface area contributed by atoms with Crippen molar-refractivity contribution in [3.63, 3.8) is 0 Å². The van der Waals surface area contributed by atoms with Crippen LogP contribution in [0.5, 0.6) is 0 Å². The molecular formula is C14H20F3N3. The van der Waals surface area contributed by atoms with Gasteiger partial charge >= 0.3 is 6.18 Å². The second-order valence-corrected chi connectivity index (χ2v) is 5.10. The molecule has 2 atom stereocenters. The summed E-state index contributed by atoms with van der Waals surface area (Å²) >= 11 is 0. The zero-order chi connectivity index (χ0) is 14.8. The summed E-state index contributed by atoms with van der Waals surface area (Å²) in [5.41, 5.74) is -0.643. The molecule has 2 heterocycles. The largest absolute Gasteiger partial charge is 0.419 e. The van der Waals surface area contributed by atoms with Gasteiger partial charge in [0.25, 0.3) is 0 Å². The molecule has 1 aromatic heterocycles. The van der Waals surface area contributed by atoms with E-state index in [0.29, 0.717) is 13.1 Å². The highest BCUT2D eigenvalue weighted by Crippen LogP contribution is 2.36. The first-order chi connectivity index (χ1) is 9.47. The van der Waals surface area contributed by atoms with E-state index in [4.69, 9.17) is 0 Å². The zero-order valence-electron chi connectivity index (χ0n) is 11.7. The first-order valence-corrected chi connectivity index (χ1v) is 6.99. The summed E-state index contributed by atoms with van der Waals surface area (Å²) in [6, 6.07) is 2.71. The monoisotopic (exact) mass is 287 g/mol. The minimum Gasteiger partial charge on any atom is -0.350 e. The average molecular weight is 287 g/mol. The van der Waals surface area contributed by atoms with Gasteiger partial charge in [-0.1, -0.05) is 13.8 Å². The van der Waals surface area contributed by atoms with E-state index < -0.39 is 11.7 Å². The van der Waals surface area contributed by atoms with Crippen LogP contribution in [-0.4, -0.2) is 30.2 Å². The summed E-state index contributed by atoms with van der Waals surface area (Å²) < 4.78 is 39.4. The van der Waals surface area contributed by atoms with E-state index in [0.717, 1.165) is 18.9 Å². The molecule has 2 rings (SSSR count). The highest BCUT2D eigenvalue weighted by atomic mass is 19.4. The summed E-state index contributed by atoms with van der Waals surface area (Å²) in [5, 5.41) is 3.38. The van der Waals surface area contributed by atoms with Gasteiger partial charge in [-0.2, -0.15) is 13.2 Å². The molecule has 0 aromatic carbocycles. The van der Waals surface area contributed by atoms with E-state index >= 15 is 0 Å². The van der Waals surface area contributed by atoms with Crippen LogP contribution >= 0.6 is 0 Å². The predicted octanol–water partition coefficient (Wildman–Crippen LogP) is 3.07. The highest BCUT2D eigenvalue weighted by molar-refractivity contribution is 5.50. The summed E-state index contributed by atoms with van der Waals surface area (Å²) in [6.45, 7) is 5.28. The molecule has 0 spiro atoms. The van der Waals surface area contributed by atoms with Crippen molar-refractivity contribution in [3.05, 3.63) is 23.9 Å². The molecule has 6 heteroatoms. The number of nitrogens with zero attached hydrogens (tertiary/aromatic N) is 2. The van der Waals surface area contributed by atoms with Gasteiger partial charge in [0.2, 0.25) is 0 Å². The van der Waals surface area contributed by atoms with Crippen molar-refractivity contribution in [2.75, 3.05) is 18.0 Å². The van der Waals surface area contributed by atoms with Crippen LogP contribution in [-0.2, 0) is 6.18 Å². The van der Waals surface area contributed by atoms with Crippen LogP contribution in [0, 0.1) is 0 Å². The van der Waals surface area contributed by atoms with Crippen molar-refractivity contribution >= 4 is 5.82 Å². The van der Waals surface area contributed by atoms with Crippen molar-refractivity contribution in [1.29, 1.82) is 0 Å². The van der Waals surface area contributed by atoms with Gasteiger partial charge in [0.15, 0.2) is 0 Å². The lowest BCUT2D eigenvalue weighted by Crippen LogP contribution is -2.56. The summed E-state index contributed by atoms with van der Waals surface area (Å²) in [7, 11) is 0. The first-order valence-electron chi connectivity index (χ1n) is 6.99. The molecule has 1 saturated heterocycles. The molecular weight excluding hydrogens is 267 g/mol. The van der Waals surface area contributed by atoms with Crippen molar-refractivity contribution in [2.45, 2.75) is 44.9 Å². The number of rotatable bonds is 3. The highest BCUT2D eigenvalue weighted by Gasteiger charge is 2.38. The van der Waals surface area contributed by atoms with Crippen LogP contribution in [0.2, 0.25) is 0 Å². The molecule has 112 valence electrons. The number of aromatic nitrogens is 1. The van der Waals surface area contributed by atoms with Crippen molar-refractivity contribution in [1.82, 2.24) is 10.3 Å². The third-order valence-electron chi connectivity index (χ3n) is 3.83. The van der Waals surface area contributed by atoms with Crippen LogP contribution in [0.1, 0.15) is 32.3 Å². The number of hydrogen-bond acceptors (Lipinski definition) is 3. The Morgan fingerprint density at radius 3 is 2.70 bits per heavy atom. The third-order valence-corrected chi connectivity index (χ3v) is 3.83. The maximum atomic E-state index is 13.1. The van der Waals surface area contributed by atoms with Gasteiger partial charge in [-0.25, -0.2) is 4.98 Å².